The summed E-state index contributed by atoms with van der Waals surface area (Å²) in [6.45, 7) is 6.47. The molecule has 0 bridgehead atoms. The zero-order chi connectivity index (χ0) is 17.5. The Morgan fingerprint density at radius 1 is 1.16 bits per heavy atom. The van der Waals surface area contributed by atoms with Gasteiger partial charge >= 0.3 is 0 Å². The molecule has 1 fully saturated rings. The van der Waals surface area contributed by atoms with Crippen molar-refractivity contribution in [1.82, 2.24) is 19.9 Å². The van der Waals surface area contributed by atoms with Crippen molar-refractivity contribution in [2.45, 2.75) is 45.6 Å². The molecule has 6 heteroatoms. The topological polar surface area (TPSA) is 80.0 Å². The van der Waals surface area contributed by atoms with E-state index in [9.17, 15) is 0 Å². The van der Waals surface area contributed by atoms with Crippen LogP contribution >= 0.6 is 0 Å². The molecule has 2 aromatic rings. The first-order chi connectivity index (χ1) is 12.2. The predicted molar refractivity (Wildman–Crippen MR) is 101 cm³/mol. The highest BCUT2D eigenvalue weighted by Crippen LogP contribution is 2.15. The Bertz CT molecular complexity index is 664. The number of nitrogens with one attached hydrogen (secondary N) is 1. The van der Waals surface area contributed by atoms with Crippen LogP contribution in [0, 0.1) is 0 Å². The number of unbranched alkanes of at least 4 members (excludes halogenated alkanes) is 1. The molecule has 0 aliphatic carbocycles. The summed E-state index contributed by atoms with van der Waals surface area (Å²) in [6.07, 6.45) is 7.54. The number of hydrogen-bond acceptors (Lipinski definition) is 6. The number of anilines is 2. The predicted octanol–water partition coefficient (Wildman–Crippen LogP) is 2.85. The highest BCUT2D eigenvalue weighted by Gasteiger charge is 2.12. The molecule has 1 saturated heterocycles. The smallest absolute Gasteiger partial charge is 0.222 e. The zero-order valence-corrected chi connectivity index (χ0v) is 15.0. The summed E-state index contributed by atoms with van der Waals surface area (Å²) in [6, 6.07) is 6.23. The molecule has 3 rings (SSSR count). The molecule has 1 aliphatic heterocycles. The van der Waals surface area contributed by atoms with Gasteiger partial charge in [0.25, 0.3) is 0 Å². The molecule has 0 spiro atoms. The number of pyridine rings is 1. The minimum absolute atomic E-state index is 0.308. The average molecular weight is 340 g/mol. The van der Waals surface area contributed by atoms with Gasteiger partial charge in [-0.3, -0.25) is 9.88 Å². The van der Waals surface area contributed by atoms with E-state index in [-0.39, 0.29) is 0 Å². The maximum Gasteiger partial charge on any atom is 0.222 e. The molecule has 0 aromatic carbocycles. The monoisotopic (exact) mass is 340 g/mol. The minimum atomic E-state index is 0.308. The molecule has 0 radical (unpaired) electrons. The Morgan fingerprint density at radius 3 is 2.72 bits per heavy atom. The Balaban J connectivity index is 1.61. The van der Waals surface area contributed by atoms with Crippen molar-refractivity contribution in [2.24, 2.45) is 0 Å². The van der Waals surface area contributed by atoms with Gasteiger partial charge in [0.05, 0.1) is 5.69 Å². The molecule has 1 aliphatic rings. The number of nitrogens with two attached hydrogens (primary N) is 1. The summed E-state index contributed by atoms with van der Waals surface area (Å²) in [7, 11) is 0. The summed E-state index contributed by atoms with van der Waals surface area (Å²) in [5.74, 6) is 1.10. The van der Waals surface area contributed by atoms with Crippen LogP contribution in [0.4, 0.5) is 11.8 Å². The van der Waals surface area contributed by atoms with E-state index in [1.807, 2.05) is 12.3 Å². The first kappa shape index (κ1) is 17.6. The van der Waals surface area contributed by atoms with E-state index in [1.54, 1.807) is 0 Å². The Hall–Kier alpha value is -2.21. The molecule has 3 N–H and O–H groups in total. The molecule has 6 nitrogen and oxygen atoms in total. The van der Waals surface area contributed by atoms with E-state index in [0.717, 1.165) is 43.1 Å². The largest absolute Gasteiger partial charge is 0.370 e. The first-order valence-corrected chi connectivity index (χ1v) is 9.26. The minimum Gasteiger partial charge on any atom is -0.370 e. The zero-order valence-electron chi connectivity index (χ0n) is 15.0. The summed E-state index contributed by atoms with van der Waals surface area (Å²) in [5.41, 5.74) is 9.01. The SMILES string of the molecule is CCCCNc1cc(Cc2ccc(CN3CCCC3)cn2)nc(N)n1. The maximum absolute atomic E-state index is 5.84. The van der Waals surface area contributed by atoms with Crippen LogP contribution in [0.1, 0.15) is 49.6 Å². The first-order valence-electron chi connectivity index (χ1n) is 9.26. The maximum atomic E-state index is 5.84. The van der Waals surface area contributed by atoms with Gasteiger partial charge in [-0.05, 0) is 44.0 Å². The van der Waals surface area contributed by atoms with Crippen LogP contribution in [0.25, 0.3) is 0 Å². The van der Waals surface area contributed by atoms with Gasteiger partial charge in [-0.1, -0.05) is 19.4 Å². The molecule has 134 valence electrons. The Labute approximate surface area is 149 Å². The Kier molecular flexibility index (Phi) is 6.17. The van der Waals surface area contributed by atoms with Crippen molar-refractivity contribution in [3.63, 3.8) is 0 Å². The normalized spacial score (nSPS) is 14.8. The third-order valence-electron chi connectivity index (χ3n) is 4.49. The lowest BCUT2D eigenvalue weighted by Gasteiger charge is -2.14. The van der Waals surface area contributed by atoms with Crippen molar-refractivity contribution < 1.29 is 0 Å². The van der Waals surface area contributed by atoms with E-state index in [1.165, 1.54) is 31.5 Å². The molecule has 3 heterocycles. The van der Waals surface area contributed by atoms with E-state index in [4.69, 9.17) is 5.73 Å². The van der Waals surface area contributed by atoms with Gasteiger partial charge in [0.1, 0.15) is 5.82 Å². The van der Waals surface area contributed by atoms with Gasteiger partial charge in [0, 0.05) is 37.5 Å². The third kappa shape index (κ3) is 5.39. The van der Waals surface area contributed by atoms with Gasteiger partial charge in [0.2, 0.25) is 5.95 Å². The molecule has 0 amide bonds. The summed E-state index contributed by atoms with van der Waals surface area (Å²) in [4.78, 5) is 15.7. The van der Waals surface area contributed by atoms with Crippen molar-refractivity contribution >= 4 is 11.8 Å². The second-order valence-corrected chi connectivity index (χ2v) is 6.70. The molecule has 0 atom stereocenters. The quantitative estimate of drug-likeness (QED) is 0.719. The number of rotatable bonds is 8. The molecule has 2 aromatic heterocycles. The summed E-state index contributed by atoms with van der Waals surface area (Å²) >= 11 is 0. The summed E-state index contributed by atoms with van der Waals surface area (Å²) < 4.78 is 0. The van der Waals surface area contributed by atoms with Crippen LogP contribution in [-0.2, 0) is 13.0 Å². The van der Waals surface area contributed by atoms with Gasteiger partial charge in [-0.2, -0.15) is 4.98 Å². The lowest BCUT2D eigenvalue weighted by molar-refractivity contribution is 0.331. The molecular weight excluding hydrogens is 312 g/mol. The third-order valence-corrected chi connectivity index (χ3v) is 4.49. The van der Waals surface area contributed by atoms with E-state index in [2.05, 4.69) is 44.2 Å². The van der Waals surface area contributed by atoms with Crippen molar-refractivity contribution in [1.29, 1.82) is 0 Å². The van der Waals surface area contributed by atoms with Crippen LogP contribution in [0.5, 0.6) is 0 Å². The number of aromatic nitrogens is 3. The molecule has 0 saturated carbocycles. The van der Waals surface area contributed by atoms with Crippen molar-refractivity contribution in [3.8, 4) is 0 Å². The number of nitrogen functional groups attached to an aromatic ring is 1. The number of hydrogen-bond donors (Lipinski definition) is 2. The lowest BCUT2D eigenvalue weighted by Crippen LogP contribution is -2.18. The molecule has 0 unspecified atom stereocenters. The fraction of sp³-hybridized carbons (Fsp3) is 0.526. The van der Waals surface area contributed by atoms with Crippen LogP contribution in [-0.4, -0.2) is 39.5 Å². The highest BCUT2D eigenvalue weighted by molar-refractivity contribution is 5.41. The fourth-order valence-corrected chi connectivity index (χ4v) is 3.13. The summed E-state index contributed by atoms with van der Waals surface area (Å²) in [5, 5.41) is 3.31. The van der Waals surface area contributed by atoms with Crippen molar-refractivity contribution in [2.75, 3.05) is 30.7 Å². The molecule has 25 heavy (non-hydrogen) atoms. The fourth-order valence-electron chi connectivity index (χ4n) is 3.13. The van der Waals surface area contributed by atoms with Gasteiger partial charge < -0.3 is 11.1 Å². The van der Waals surface area contributed by atoms with Crippen LogP contribution in [0.15, 0.2) is 24.4 Å². The van der Waals surface area contributed by atoms with E-state index >= 15 is 0 Å². The van der Waals surface area contributed by atoms with Crippen LogP contribution in [0.2, 0.25) is 0 Å². The van der Waals surface area contributed by atoms with Gasteiger partial charge in [-0.15, -0.1) is 0 Å². The number of nitrogens with zero attached hydrogens (tertiary/aromatic N) is 4. The number of likely N-dealkylation sites (tertiary alicyclic amines) is 1. The average Bonchev–Trinajstić information content (AvgIpc) is 3.09. The van der Waals surface area contributed by atoms with Crippen molar-refractivity contribution in [3.05, 3.63) is 41.3 Å². The van der Waals surface area contributed by atoms with E-state index < -0.39 is 0 Å². The second kappa shape index (κ2) is 8.76. The van der Waals surface area contributed by atoms with Crippen LogP contribution in [0.3, 0.4) is 0 Å². The van der Waals surface area contributed by atoms with Crippen LogP contribution < -0.4 is 11.1 Å². The second-order valence-electron chi connectivity index (χ2n) is 6.70. The van der Waals surface area contributed by atoms with Gasteiger partial charge in [-0.25, -0.2) is 4.98 Å². The lowest BCUT2D eigenvalue weighted by atomic mass is 10.1. The molecular formula is C19H28N6. The van der Waals surface area contributed by atoms with E-state index in [0.29, 0.717) is 12.4 Å². The Morgan fingerprint density at radius 2 is 2.00 bits per heavy atom. The standard InChI is InChI=1S/C19H28N6/c1-2-3-8-21-18-12-17(23-19(20)24-18)11-16-7-6-15(13-22-16)14-25-9-4-5-10-25/h6-7,12-13H,2-5,8-11,14H2,1H3,(H3,20,21,23,24). The van der Waals surface area contributed by atoms with Gasteiger partial charge in [0.15, 0.2) is 0 Å². The highest BCUT2D eigenvalue weighted by atomic mass is 15.1.